The highest BCUT2D eigenvalue weighted by Crippen LogP contribution is 2.56. The molecule has 0 bridgehead atoms. The minimum Gasteiger partial charge on any atom is -0.300 e. The Hall–Kier alpha value is -1.59. The summed E-state index contributed by atoms with van der Waals surface area (Å²) in [5, 5.41) is 9.79. The second-order valence-corrected chi connectivity index (χ2v) is 9.05. The van der Waals surface area contributed by atoms with Crippen molar-refractivity contribution in [1.29, 1.82) is 5.26 Å². The molecule has 1 spiro atoms. The molecule has 2 heteroatoms. The Bertz CT molecular complexity index is 756. The highest BCUT2D eigenvalue weighted by molar-refractivity contribution is 5.65. The number of allylic oxidation sites excluding steroid dienone is 1. The maximum absolute atomic E-state index is 9.79. The van der Waals surface area contributed by atoms with Gasteiger partial charge in [0.25, 0.3) is 0 Å². The lowest BCUT2D eigenvalue weighted by Crippen LogP contribution is -2.50. The van der Waals surface area contributed by atoms with Crippen molar-refractivity contribution in [3.05, 3.63) is 41.5 Å². The van der Waals surface area contributed by atoms with Gasteiger partial charge in [0, 0.05) is 18.0 Å². The van der Waals surface area contributed by atoms with Crippen molar-refractivity contribution < 1.29 is 0 Å². The van der Waals surface area contributed by atoms with Crippen molar-refractivity contribution in [2.75, 3.05) is 13.1 Å². The maximum atomic E-state index is 9.79. The van der Waals surface area contributed by atoms with E-state index >= 15 is 0 Å². The smallest absolute Gasteiger partial charge is 0.0693 e. The van der Waals surface area contributed by atoms with Crippen LogP contribution in [-0.4, -0.2) is 24.0 Å². The van der Waals surface area contributed by atoms with Crippen molar-refractivity contribution in [3.8, 4) is 6.07 Å². The Morgan fingerprint density at radius 1 is 1.16 bits per heavy atom. The summed E-state index contributed by atoms with van der Waals surface area (Å²) in [6.07, 6.45) is 12.1. The second kappa shape index (κ2) is 5.45. The lowest BCUT2D eigenvalue weighted by atomic mass is 9.67. The van der Waals surface area contributed by atoms with E-state index in [4.69, 9.17) is 0 Å². The molecular weight excluding hydrogens is 304 g/mol. The van der Waals surface area contributed by atoms with Gasteiger partial charge in [0.1, 0.15) is 0 Å². The largest absolute Gasteiger partial charge is 0.300 e. The van der Waals surface area contributed by atoms with Gasteiger partial charge in [0.2, 0.25) is 0 Å². The number of benzene rings is 1. The van der Waals surface area contributed by atoms with Crippen LogP contribution in [0.5, 0.6) is 0 Å². The minimum absolute atomic E-state index is 0.0168. The number of likely N-dealkylation sites (tertiary alicyclic amines) is 1. The first-order valence-corrected chi connectivity index (χ1v) is 10.1. The van der Waals surface area contributed by atoms with Crippen LogP contribution in [-0.2, 0) is 5.41 Å². The molecule has 5 rings (SSSR count). The fourth-order valence-electron chi connectivity index (χ4n) is 6.11. The Labute approximate surface area is 151 Å². The lowest BCUT2D eigenvalue weighted by molar-refractivity contribution is 0.0857. The van der Waals surface area contributed by atoms with Crippen molar-refractivity contribution in [2.24, 2.45) is 17.3 Å². The molecule has 1 saturated heterocycles. The van der Waals surface area contributed by atoms with Gasteiger partial charge in [-0.2, -0.15) is 5.26 Å². The molecule has 1 heterocycles. The van der Waals surface area contributed by atoms with Gasteiger partial charge in [0.15, 0.2) is 0 Å². The monoisotopic (exact) mass is 332 g/mol. The van der Waals surface area contributed by atoms with Crippen LogP contribution in [0.2, 0.25) is 0 Å². The van der Waals surface area contributed by atoms with Crippen LogP contribution in [0.1, 0.15) is 56.6 Å². The van der Waals surface area contributed by atoms with E-state index in [1.54, 1.807) is 0 Å². The number of nitriles is 1. The molecular formula is C23H28N2. The summed E-state index contributed by atoms with van der Waals surface area (Å²) in [5.41, 5.74) is 3.22. The average Bonchev–Trinajstić information content (AvgIpc) is 3.31. The second-order valence-electron chi connectivity index (χ2n) is 9.05. The van der Waals surface area contributed by atoms with E-state index in [1.165, 1.54) is 49.9 Å². The molecule has 0 amide bonds. The molecule has 3 fully saturated rings. The molecule has 1 aliphatic heterocycles. The Morgan fingerprint density at radius 2 is 2.00 bits per heavy atom. The highest BCUT2D eigenvalue weighted by Gasteiger charge is 2.52. The van der Waals surface area contributed by atoms with Crippen LogP contribution in [0.4, 0.5) is 0 Å². The zero-order valence-corrected chi connectivity index (χ0v) is 15.2. The molecule has 0 aromatic heterocycles. The zero-order valence-electron chi connectivity index (χ0n) is 15.2. The fraction of sp³-hybridized carbons (Fsp3) is 0.609. The van der Waals surface area contributed by atoms with Crippen LogP contribution >= 0.6 is 0 Å². The van der Waals surface area contributed by atoms with Gasteiger partial charge in [-0.1, -0.05) is 43.3 Å². The third-order valence-electron chi connectivity index (χ3n) is 7.84. The Kier molecular flexibility index (Phi) is 3.41. The van der Waals surface area contributed by atoms with E-state index in [-0.39, 0.29) is 10.8 Å². The molecule has 2 unspecified atom stereocenters. The van der Waals surface area contributed by atoms with Crippen LogP contribution in [0.15, 0.2) is 30.3 Å². The van der Waals surface area contributed by atoms with E-state index in [0.29, 0.717) is 17.9 Å². The minimum atomic E-state index is 0.0168. The summed E-state index contributed by atoms with van der Waals surface area (Å²) in [5.74, 6) is 1.35. The first kappa shape index (κ1) is 15.6. The van der Waals surface area contributed by atoms with Crippen LogP contribution in [0.25, 0.3) is 6.08 Å². The number of hydrogen-bond donors (Lipinski definition) is 0. The standard InChI is InChI=1S/C23H28N2/c1-17-15-25(20-9-10-22(14-20,16-24)19-6-7-19)13-12-23(17)11-8-18-4-2-3-5-21(18)23/h2-5,8,11,17,19-20H,6-7,9-10,12-15H2,1H3/t17-,20?,22?,23-/m0/s1. The van der Waals surface area contributed by atoms with E-state index in [1.807, 2.05) is 0 Å². The predicted molar refractivity (Wildman–Crippen MR) is 101 cm³/mol. The molecule has 0 N–H and O–H groups in total. The predicted octanol–water partition coefficient (Wildman–Crippen LogP) is 4.77. The average molecular weight is 332 g/mol. The van der Waals surface area contributed by atoms with Gasteiger partial charge in [-0.25, -0.2) is 0 Å². The van der Waals surface area contributed by atoms with Crippen LogP contribution in [0.3, 0.4) is 0 Å². The van der Waals surface area contributed by atoms with Crippen LogP contribution < -0.4 is 0 Å². The number of hydrogen-bond acceptors (Lipinski definition) is 2. The van der Waals surface area contributed by atoms with Crippen LogP contribution in [0, 0.1) is 28.6 Å². The molecule has 2 saturated carbocycles. The summed E-state index contributed by atoms with van der Waals surface area (Å²) in [7, 11) is 0. The summed E-state index contributed by atoms with van der Waals surface area (Å²) >= 11 is 0. The first-order chi connectivity index (χ1) is 12.2. The van der Waals surface area contributed by atoms with Gasteiger partial charge >= 0.3 is 0 Å². The third-order valence-corrected chi connectivity index (χ3v) is 7.84. The molecule has 130 valence electrons. The SMILES string of the molecule is C[C@H]1CN(C2CCC(C#N)(C3CC3)C2)CC[C@@]12C=Cc1ccccc12. The molecule has 3 aliphatic carbocycles. The molecule has 4 atom stereocenters. The van der Waals surface area contributed by atoms with Gasteiger partial charge in [-0.15, -0.1) is 0 Å². The highest BCUT2D eigenvalue weighted by atomic mass is 15.2. The van der Waals surface area contributed by atoms with Gasteiger partial charge < -0.3 is 0 Å². The molecule has 1 aromatic carbocycles. The van der Waals surface area contributed by atoms with E-state index in [0.717, 1.165) is 12.8 Å². The van der Waals surface area contributed by atoms with E-state index < -0.39 is 0 Å². The first-order valence-electron chi connectivity index (χ1n) is 10.1. The van der Waals surface area contributed by atoms with Crippen molar-refractivity contribution >= 4 is 6.08 Å². The molecule has 0 radical (unpaired) electrons. The van der Waals surface area contributed by atoms with Crippen molar-refractivity contribution in [3.63, 3.8) is 0 Å². The summed E-state index contributed by atoms with van der Waals surface area (Å²) in [4.78, 5) is 2.73. The maximum Gasteiger partial charge on any atom is 0.0693 e. The summed E-state index contributed by atoms with van der Waals surface area (Å²) in [6.45, 7) is 4.79. The normalized spacial score (nSPS) is 40.3. The van der Waals surface area contributed by atoms with Gasteiger partial charge in [-0.3, -0.25) is 4.90 Å². The number of nitrogens with zero attached hydrogens (tertiary/aromatic N) is 2. The van der Waals surface area contributed by atoms with E-state index in [2.05, 4.69) is 54.3 Å². The number of piperidine rings is 1. The van der Waals surface area contributed by atoms with E-state index in [9.17, 15) is 5.26 Å². The molecule has 25 heavy (non-hydrogen) atoms. The molecule has 2 nitrogen and oxygen atoms in total. The van der Waals surface area contributed by atoms with Crippen molar-refractivity contribution in [1.82, 2.24) is 4.90 Å². The van der Waals surface area contributed by atoms with Gasteiger partial charge in [-0.05, 0) is 68.0 Å². The summed E-state index contributed by atoms with van der Waals surface area (Å²) in [6, 6.07) is 12.3. The zero-order chi connectivity index (χ0) is 17.1. The van der Waals surface area contributed by atoms with Crippen molar-refractivity contribution in [2.45, 2.75) is 56.9 Å². The fourth-order valence-corrected chi connectivity index (χ4v) is 6.11. The quantitative estimate of drug-likeness (QED) is 0.780. The number of fused-ring (bicyclic) bond motifs is 2. The molecule has 1 aromatic rings. The van der Waals surface area contributed by atoms with Gasteiger partial charge in [0.05, 0.1) is 11.5 Å². The topological polar surface area (TPSA) is 27.0 Å². The Balaban J connectivity index is 1.33. The Morgan fingerprint density at radius 3 is 2.76 bits per heavy atom. The number of rotatable bonds is 2. The summed E-state index contributed by atoms with van der Waals surface area (Å²) < 4.78 is 0. The molecule has 4 aliphatic rings. The lowest BCUT2D eigenvalue weighted by Gasteiger charge is -2.46. The third kappa shape index (κ3) is 2.25.